The van der Waals surface area contributed by atoms with E-state index in [-0.39, 0.29) is 10.8 Å². The van der Waals surface area contributed by atoms with E-state index in [2.05, 4.69) is 10.0 Å². The van der Waals surface area contributed by atoms with Crippen LogP contribution < -0.4 is 10.0 Å². The molecule has 0 aromatic heterocycles. The van der Waals surface area contributed by atoms with E-state index in [0.29, 0.717) is 13.1 Å². The minimum absolute atomic E-state index is 0.198. The van der Waals surface area contributed by atoms with Crippen molar-refractivity contribution in [2.45, 2.75) is 18.4 Å². The Morgan fingerprint density at radius 1 is 1.40 bits per heavy atom. The lowest BCUT2D eigenvalue weighted by Crippen LogP contribution is -2.30. The molecule has 0 bridgehead atoms. The molecule has 0 heterocycles. The molecule has 0 fully saturated rings. The summed E-state index contributed by atoms with van der Waals surface area (Å²) in [6.45, 7) is 2.75. The number of hydrogen-bond acceptors (Lipinski definition) is 4. The maximum atomic E-state index is 13.7. The van der Waals surface area contributed by atoms with Gasteiger partial charge in [0.25, 0.3) is 0 Å². The zero-order valence-corrected chi connectivity index (χ0v) is 13.6. The molecular formula is C13H21FN2O2S2. The summed E-state index contributed by atoms with van der Waals surface area (Å²) in [5.74, 6) is 0.323. The Kier molecular flexibility index (Phi) is 6.94. The van der Waals surface area contributed by atoms with E-state index in [1.54, 1.807) is 24.9 Å². The highest BCUT2D eigenvalue weighted by atomic mass is 32.2. The third-order valence-corrected chi connectivity index (χ3v) is 5.08. The van der Waals surface area contributed by atoms with Crippen LogP contribution in [-0.4, -0.2) is 34.0 Å². The summed E-state index contributed by atoms with van der Waals surface area (Å²) in [5.41, 5.74) is 0.728. The van der Waals surface area contributed by atoms with Gasteiger partial charge in [-0.25, -0.2) is 17.5 Å². The molecule has 1 unspecified atom stereocenters. The van der Waals surface area contributed by atoms with Gasteiger partial charge in [-0.1, -0.05) is 13.0 Å². The van der Waals surface area contributed by atoms with Crippen LogP contribution in [0.1, 0.15) is 12.5 Å². The second kappa shape index (κ2) is 7.97. The van der Waals surface area contributed by atoms with Gasteiger partial charge in [-0.15, -0.1) is 0 Å². The molecule has 0 amide bonds. The zero-order valence-electron chi connectivity index (χ0n) is 11.9. The van der Waals surface area contributed by atoms with Gasteiger partial charge < -0.3 is 5.32 Å². The predicted molar refractivity (Wildman–Crippen MR) is 81.9 cm³/mol. The quantitative estimate of drug-likeness (QED) is 0.767. The van der Waals surface area contributed by atoms with Crippen LogP contribution in [0.4, 0.5) is 4.39 Å². The summed E-state index contributed by atoms with van der Waals surface area (Å²) in [4.78, 5) is -0.290. The van der Waals surface area contributed by atoms with Crippen LogP contribution >= 0.6 is 11.8 Å². The predicted octanol–water partition coefficient (Wildman–Crippen LogP) is 1.82. The fraction of sp³-hybridized carbons (Fsp3) is 0.538. The molecule has 114 valence electrons. The van der Waals surface area contributed by atoms with Crippen LogP contribution in [0.5, 0.6) is 0 Å². The Morgan fingerprint density at radius 2 is 2.10 bits per heavy atom. The molecule has 1 rings (SSSR count). The minimum Gasteiger partial charge on any atom is -0.316 e. The summed E-state index contributed by atoms with van der Waals surface area (Å²) < 4.78 is 40.5. The SMILES string of the molecule is CNCc1ccc(F)c(S(=O)(=O)NCC(C)CSC)c1. The lowest BCUT2D eigenvalue weighted by atomic mass is 10.2. The zero-order chi connectivity index (χ0) is 15.2. The van der Waals surface area contributed by atoms with Crippen molar-refractivity contribution in [1.29, 1.82) is 0 Å². The van der Waals surface area contributed by atoms with Crippen LogP contribution in [0.3, 0.4) is 0 Å². The van der Waals surface area contributed by atoms with Crippen molar-refractivity contribution in [3.63, 3.8) is 0 Å². The van der Waals surface area contributed by atoms with Crippen molar-refractivity contribution < 1.29 is 12.8 Å². The molecule has 1 atom stereocenters. The van der Waals surface area contributed by atoms with Crippen LogP contribution in [0.25, 0.3) is 0 Å². The van der Waals surface area contributed by atoms with Gasteiger partial charge in [-0.3, -0.25) is 0 Å². The number of halogens is 1. The van der Waals surface area contributed by atoms with Gasteiger partial charge in [0, 0.05) is 13.1 Å². The van der Waals surface area contributed by atoms with Crippen LogP contribution in [0.15, 0.2) is 23.1 Å². The van der Waals surface area contributed by atoms with Gasteiger partial charge in [0.15, 0.2) is 0 Å². The number of hydrogen-bond donors (Lipinski definition) is 2. The third-order valence-electron chi connectivity index (χ3n) is 2.74. The number of benzene rings is 1. The first-order valence-corrected chi connectivity index (χ1v) is 9.20. The van der Waals surface area contributed by atoms with E-state index < -0.39 is 15.8 Å². The van der Waals surface area contributed by atoms with Crippen molar-refractivity contribution in [1.82, 2.24) is 10.0 Å². The topological polar surface area (TPSA) is 58.2 Å². The lowest BCUT2D eigenvalue weighted by Gasteiger charge is -2.13. The second-order valence-corrected chi connectivity index (χ2v) is 7.35. The molecule has 0 saturated carbocycles. The number of sulfonamides is 1. The fourth-order valence-corrected chi connectivity index (χ4v) is 3.72. The molecule has 0 saturated heterocycles. The average Bonchev–Trinajstić information content (AvgIpc) is 2.39. The maximum Gasteiger partial charge on any atom is 0.243 e. The van der Waals surface area contributed by atoms with Gasteiger partial charge in [-0.2, -0.15) is 11.8 Å². The molecule has 0 radical (unpaired) electrons. The molecule has 0 aliphatic carbocycles. The van der Waals surface area contributed by atoms with Gasteiger partial charge in [0.1, 0.15) is 10.7 Å². The standard InChI is InChI=1S/C13H21FN2O2S2/c1-10(9-19-3)7-16-20(17,18)13-6-11(8-15-2)4-5-12(13)14/h4-6,10,15-16H,7-9H2,1-3H3. The highest BCUT2D eigenvalue weighted by Crippen LogP contribution is 2.17. The Bertz CT molecular complexity index is 535. The lowest BCUT2D eigenvalue weighted by molar-refractivity contribution is 0.544. The van der Waals surface area contributed by atoms with E-state index >= 15 is 0 Å². The number of thioether (sulfide) groups is 1. The van der Waals surface area contributed by atoms with Crippen molar-refractivity contribution in [3.05, 3.63) is 29.6 Å². The molecule has 4 nitrogen and oxygen atoms in total. The molecule has 2 N–H and O–H groups in total. The van der Waals surface area contributed by atoms with E-state index in [1.807, 2.05) is 13.2 Å². The first kappa shape index (κ1) is 17.4. The normalized spacial score (nSPS) is 13.4. The molecule has 1 aromatic carbocycles. The van der Waals surface area contributed by atoms with Crippen molar-refractivity contribution >= 4 is 21.8 Å². The van der Waals surface area contributed by atoms with E-state index in [9.17, 15) is 12.8 Å². The van der Waals surface area contributed by atoms with Crippen LogP contribution in [0, 0.1) is 11.7 Å². The Hall–Kier alpha value is -0.630. The number of rotatable bonds is 8. The smallest absolute Gasteiger partial charge is 0.243 e. The van der Waals surface area contributed by atoms with E-state index in [0.717, 1.165) is 11.3 Å². The van der Waals surface area contributed by atoms with E-state index in [1.165, 1.54) is 12.1 Å². The van der Waals surface area contributed by atoms with Crippen LogP contribution in [0.2, 0.25) is 0 Å². The average molecular weight is 320 g/mol. The van der Waals surface area contributed by atoms with Crippen molar-refractivity contribution in [3.8, 4) is 0 Å². The molecule has 0 aliphatic rings. The first-order chi connectivity index (χ1) is 9.40. The molecule has 20 heavy (non-hydrogen) atoms. The van der Waals surface area contributed by atoms with Gasteiger partial charge in [-0.05, 0) is 42.7 Å². The van der Waals surface area contributed by atoms with Gasteiger partial charge in [0.05, 0.1) is 0 Å². The third kappa shape index (κ3) is 5.05. The minimum atomic E-state index is -3.81. The Balaban J connectivity index is 2.88. The molecule has 7 heteroatoms. The largest absolute Gasteiger partial charge is 0.316 e. The molecule has 0 spiro atoms. The van der Waals surface area contributed by atoms with Crippen LogP contribution in [-0.2, 0) is 16.6 Å². The van der Waals surface area contributed by atoms with Crippen molar-refractivity contribution in [2.24, 2.45) is 5.92 Å². The summed E-state index contributed by atoms with van der Waals surface area (Å²) in [5, 5.41) is 2.91. The summed E-state index contributed by atoms with van der Waals surface area (Å²) in [7, 11) is -2.06. The highest BCUT2D eigenvalue weighted by molar-refractivity contribution is 7.98. The fourth-order valence-electron chi connectivity index (χ4n) is 1.74. The van der Waals surface area contributed by atoms with Crippen molar-refractivity contribution in [2.75, 3.05) is 25.6 Å². The Morgan fingerprint density at radius 3 is 2.70 bits per heavy atom. The maximum absolute atomic E-state index is 13.7. The van der Waals surface area contributed by atoms with Gasteiger partial charge in [0.2, 0.25) is 10.0 Å². The van der Waals surface area contributed by atoms with E-state index in [4.69, 9.17) is 0 Å². The number of nitrogens with one attached hydrogen (secondary N) is 2. The second-order valence-electron chi connectivity index (χ2n) is 4.71. The molecule has 1 aromatic rings. The summed E-state index contributed by atoms with van der Waals surface area (Å²) in [6.07, 6.45) is 1.96. The monoisotopic (exact) mass is 320 g/mol. The first-order valence-electron chi connectivity index (χ1n) is 6.32. The summed E-state index contributed by atoms with van der Waals surface area (Å²) >= 11 is 1.65. The molecular weight excluding hydrogens is 299 g/mol. The highest BCUT2D eigenvalue weighted by Gasteiger charge is 2.20. The Labute approximate surface area is 124 Å². The summed E-state index contributed by atoms with van der Waals surface area (Å²) in [6, 6.07) is 4.13. The van der Waals surface area contributed by atoms with Gasteiger partial charge >= 0.3 is 0 Å². The molecule has 0 aliphatic heterocycles.